The number of benzene rings is 1. The first-order valence-corrected chi connectivity index (χ1v) is 7.86. The molecule has 8 heteroatoms. The smallest absolute Gasteiger partial charge is 0.234 e. The third kappa shape index (κ3) is 4.04. The van der Waals surface area contributed by atoms with E-state index in [1.54, 1.807) is 12.1 Å². The highest BCUT2D eigenvalue weighted by atomic mass is 32.2. The molecule has 0 radical (unpaired) electrons. The number of hydrogen-bond donors (Lipinski definition) is 1. The standard InChI is InChI=1S/C13H17NO5S2/c1-17-10-7-9(8-11(18-2)12(10)21-16)13(15)20-14-3-5-19-6-4-14/h7-8,16H,3-6H2,1-2H3. The van der Waals surface area contributed by atoms with Crippen molar-refractivity contribution in [2.75, 3.05) is 40.5 Å². The van der Waals surface area contributed by atoms with Crippen molar-refractivity contribution in [3.8, 4) is 11.5 Å². The van der Waals surface area contributed by atoms with Crippen LogP contribution in [0.4, 0.5) is 0 Å². The van der Waals surface area contributed by atoms with E-state index in [2.05, 4.69) is 0 Å². The van der Waals surface area contributed by atoms with Crippen LogP contribution in [0.2, 0.25) is 0 Å². The molecule has 21 heavy (non-hydrogen) atoms. The summed E-state index contributed by atoms with van der Waals surface area (Å²) in [4.78, 5) is 12.8. The molecule has 0 atom stereocenters. The van der Waals surface area contributed by atoms with Crippen LogP contribution < -0.4 is 9.47 Å². The summed E-state index contributed by atoms with van der Waals surface area (Å²) in [6.45, 7) is 2.70. The van der Waals surface area contributed by atoms with Crippen LogP contribution in [0.15, 0.2) is 17.0 Å². The second-order valence-electron chi connectivity index (χ2n) is 4.22. The Kier molecular flexibility index (Phi) is 6.19. The molecule has 1 N–H and O–H groups in total. The summed E-state index contributed by atoms with van der Waals surface area (Å²) < 4.78 is 26.9. The summed E-state index contributed by atoms with van der Waals surface area (Å²) in [6.07, 6.45) is 0. The van der Waals surface area contributed by atoms with E-state index in [4.69, 9.17) is 14.2 Å². The number of morpholine rings is 1. The summed E-state index contributed by atoms with van der Waals surface area (Å²) in [5.41, 5.74) is 0.470. The van der Waals surface area contributed by atoms with Gasteiger partial charge in [-0.25, -0.2) is 4.31 Å². The molecule has 2 rings (SSSR count). The summed E-state index contributed by atoms with van der Waals surface area (Å²) in [7, 11) is 2.97. The van der Waals surface area contributed by atoms with Gasteiger partial charge in [0.1, 0.15) is 16.4 Å². The Morgan fingerprint density at radius 2 is 1.81 bits per heavy atom. The first-order chi connectivity index (χ1) is 10.2. The van der Waals surface area contributed by atoms with Crippen molar-refractivity contribution < 1.29 is 23.6 Å². The molecule has 0 amide bonds. The van der Waals surface area contributed by atoms with E-state index in [1.807, 2.05) is 4.31 Å². The molecule has 0 unspecified atom stereocenters. The van der Waals surface area contributed by atoms with Gasteiger partial charge in [-0.05, 0) is 12.1 Å². The minimum absolute atomic E-state index is 0.0945. The number of rotatable bonds is 5. The molecule has 1 saturated heterocycles. The summed E-state index contributed by atoms with van der Waals surface area (Å²) in [5.74, 6) is 0.820. The van der Waals surface area contributed by atoms with Crippen molar-refractivity contribution in [3.05, 3.63) is 17.7 Å². The van der Waals surface area contributed by atoms with Gasteiger partial charge in [-0.1, -0.05) is 0 Å². The number of hydrogen-bond acceptors (Lipinski definition) is 8. The molecule has 6 nitrogen and oxygen atoms in total. The zero-order valence-electron chi connectivity index (χ0n) is 11.8. The van der Waals surface area contributed by atoms with Crippen LogP contribution in [0.25, 0.3) is 0 Å². The average Bonchev–Trinajstić information content (AvgIpc) is 2.54. The largest absolute Gasteiger partial charge is 0.495 e. The highest BCUT2D eigenvalue weighted by molar-refractivity contribution is 8.12. The maximum absolute atomic E-state index is 12.3. The molecule has 0 spiro atoms. The lowest BCUT2D eigenvalue weighted by molar-refractivity contribution is 0.0766. The average molecular weight is 331 g/mol. The van der Waals surface area contributed by atoms with Gasteiger partial charge in [0.25, 0.3) is 0 Å². The van der Waals surface area contributed by atoms with E-state index in [0.717, 1.165) is 25.0 Å². The van der Waals surface area contributed by atoms with Crippen LogP contribution in [0.1, 0.15) is 10.4 Å². The highest BCUT2D eigenvalue weighted by Crippen LogP contribution is 2.38. The van der Waals surface area contributed by atoms with Crippen LogP contribution in [0.3, 0.4) is 0 Å². The molecule has 1 aliphatic rings. The van der Waals surface area contributed by atoms with Crippen LogP contribution in [0.5, 0.6) is 11.5 Å². The number of carbonyl (C=O) groups is 1. The SMILES string of the molecule is COc1cc(C(=O)SN2CCOCC2)cc(OC)c1SO. The van der Waals surface area contributed by atoms with E-state index < -0.39 is 0 Å². The monoisotopic (exact) mass is 331 g/mol. The lowest BCUT2D eigenvalue weighted by atomic mass is 10.2. The molecule has 0 bridgehead atoms. The van der Waals surface area contributed by atoms with Crippen LogP contribution in [0, 0.1) is 0 Å². The Labute approximate surface area is 132 Å². The Bertz CT molecular complexity index is 480. The van der Waals surface area contributed by atoms with Crippen LogP contribution in [-0.4, -0.2) is 54.5 Å². The third-order valence-corrected chi connectivity index (χ3v) is 4.58. The van der Waals surface area contributed by atoms with Crippen molar-refractivity contribution >= 4 is 29.1 Å². The lowest BCUT2D eigenvalue weighted by Gasteiger charge is -2.24. The number of nitrogens with zero attached hydrogens (tertiary/aromatic N) is 1. The normalized spacial score (nSPS) is 15.8. The van der Waals surface area contributed by atoms with Crippen molar-refractivity contribution in [2.45, 2.75) is 4.90 Å². The lowest BCUT2D eigenvalue weighted by Crippen LogP contribution is -2.32. The topological polar surface area (TPSA) is 68.2 Å². The predicted octanol–water partition coefficient (Wildman–Crippen LogP) is 2.39. The number of carbonyl (C=O) groups excluding carboxylic acids is 1. The Morgan fingerprint density at radius 3 is 2.29 bits per heavy atom. The van der Waals surface area contributed by atoms with Crippen molar-refractivity contribution in [1.29, 1.82) is 0 Å². The quantitative estimate of drug-likeness (QED) is 0.651. The highest BCUT2D eigenvalue weighted by Gasteiger charge is 2.20. The first kappa shape index (κ1) is 16.4. The van der Waals surface area contributed by atoms with Gasteiger partial charge in [0.15, 0.2) is 0 Å². The van der Waals surface area contributed by atoms with Gasteiger partial charge in [0.2, 0.25) is 5.12 Å². The van der Waals surface area contributed by atoms with Crippen molar-refractivity contribution in [3.63, 3.8) is 0 Å². The van der Waals surface area contributed by atoms with Crippen molar-refractivity contribution in [2.24, 2.45) is 0 Å². The molecule has 1 aliphatic heterocycles. The van der Waals surface area contributed by atoms with Gasteiger partial charge in [-0.2, -0.15) is 0 Å². The zero-order valence-corrected chi connectivity index (χ0v) is 13.5. The van der Waals surface area contributed by atoms with Gasteiger partial charge in [0, 0.05) is 42.6 Å². The fraction of sp³-hybridized carbons (Fsp3) is 0.462. The van der Waals surface area contributed by atoms with Crippen LogP contribution in [-0.2, 0) is 4.74 Å². The Hall–Kier alpha value is -0.930. The van der Waals surface area contributed by atoms with Crippen LogP contribution >= 0.6 is 24.0 Å². The second-order valence-corrected chi connectivity index (χ2v) is 5.88. The zero-order chi connectivity index (χ0) is 15.2. The Morgan fingerprint density at radius 1 is 1.24 bits per heavy atom. The van der Waals surface area contributed by atoms with Gasteiger partial charge < -0.3 is 18.8 Å². The summed E-state index contributed by atoms with van der Waals surface area (Å²) >= 11 is 1.69. The fourth-order valence-electron chi connectivity index (χ4n) is 1.90. The van der Waals surface area contributed by atoms with Gasteiger partial charge in [0.05, 0.1) is 27.4 Å². The molecular formula is C13H17NO5S2. The summed E-state index contributed by atoms with van der Waals surface area (Å²) in [6, 6.07) is 3.22. The van der Waals surface area contributed by atoms with E-state index >= 15 is 0 Å². The third-order valence-electron chi connectivity index (χ3n) is 2.97. The van der Waals surface area contributed by atoms with Gasteiger partial charge >= 0.3 is 0 Å². The minimum Gasteiger partial charge on any atom is -0.495 e. The maximum Gasteiger partial charge on any atom is 0.234 e. The molecule has 0 aromatic heterocycles. The first-order valence-electron chi connectivity index (χ1n) is 6.32. The molecule has 1 fully saturated rings. The van der Waals surface area contributed by atoms with Gasteiger partial charge in [-0.15, -0.1) is 0 Å². The maximum atomic E-state index is 12.3. The van der Waals surface area contributed by atoms with E-state index in [1.165, 1.54) is 14.2 Å². The number of ether oxygens (including phenoxy) is 3. The Balaban J connectivity index is 2.19. The van der Waals surface area contributed by atoms with E-state index in [9.17, 15) is 9.35 Å². The number of methoxy groups -OCH3 is 2. The molecule has 0 saturated carbocycles. The fourth-order valence-corrected chi connectivity index (χ4v) is 3.15. The molecular weight excluding hydrogens is 314 g/mol. The molecule has 1 heterocycles. The van der Waals surface area contributed by atoms with Gasteiger partial charge in [-0.3, -0.25) is 4.79 Å². The molecule has 0 aliphatic carbocycles. The summed E-state index contributed by atoms with van der Waals surface area (Å²) in [5, 5.41) is -0.0945. The van der Waals surface area contributed by atoms with E-state index in [-0.39, 0.29) is 5.12 Å². The predicted molar refractivity (Wildman–Crippen MR) is 82.3 cm³/mol. The van der Waals surface area contributed by atoms with Crippen molar-refractivity contribution in [1.82, 2.24) is 4.31 Å². The molecule has 116 valence electrons. The second kappa shape index (κ2) is 7.90. The molecule has 1 aromatic carbocycles. The molecule has 1 aromatic rings. The van der Waals surface area contributed by atoms with E-state index in [0.29, 0.717) is 47.2 Å². The minimum atomic E-state index is -0.0945.